The fraction of sp³-hybridized carbons (Fsp3) is 0.133. The number of carbonyl (C=O) groups excluding carboxylic acids is 1. The molecule has 2 rings (SSSR count). The highest BCUT2D eigenvalue weighted by Gasteiger charge is 2.16. The Hall–Kier alpha value is -2.14. The van der Waals surface area contributed by atoms with Crippen molar-refractivity contribution in [2.45, 2.75) is 4.90 Å². The standard InChI is InChI=1S/C15H15NO3S/c1-16-14-9-8-12(20(2,18)19)10-13(14)15(17)11-6-4-3-5-7-11/h3-10,16H,1-2H3. The monoisotopic (exact) mass is 289 g/mol. The molecule has 5 heteroatoms. The molecule has 0 heterocycles. The SMILES string of the molecule is CNc1ccc(S(C)(=O)=O)cc1C(=O)c1ccccc1. The van der Waals surface area contributed by atoms with Crippen LogP contribution in [0.1, 0.15) is 15.9 Å². The van der Waals surface area contributed by atoms with Crippen LogP contribution in [0, 0.1) is 0 Å². The number of anilines is 1. The van der Waals surface area contributed by atoms with Crippen LogP contribution in [-0.4, -0.2) is 27.5 Å². The number of carbonyl (C=O) groups is 1. The van der Waals surface area contributed by atoms with E-state index in [0.29, 0.717) is 16.8 Å². The van der Waals surface area contributed by atoms with E-state index in [4.69, 9.17) is 0 Å². The second-order valence-electron chi connectivity index (χ2n) is 4.42. The molecule has 104 valence electrons. The fourth-order valence-electron chi connectivity index (χ4n) is 1.90. The minimum absolute atomic E-state index is 0.135. The van der Waals surface area contributed by atoms with Crippen LogP contribution in [0.25, 0.3) is 0 Å². The van der Waals surface area contributed by atoms with Crippen LogP contribution in [0.3, 0.4) is 0 Å². The molecule has 2 aromatic rings. The number of hydrogen-bond donors (Lipinski definition) is 1. The summed E-state index contributed by atoms with van der Waals surface area (Å²) in [7, 11) is -1.65. The van der Waals surface area contributed by atoms with Gasteiger partial charge in [-0.3, -0.25) is 4.79 Å². The second-order valence-corrected chi connectivity index (χ2v) is 6.44. The molecule has 0 spiro atoms. The van der Waals surface area contributed by atoms with E-state index in [1.165, 1.54) is 12.1 Å². The Bertz CT molecular complexity index is 737. The average molecular weight is 289 g/mol. The van der Waals surface area contributed by atoms with Gasteiger partial charge in [-0.25, -0.2) is 8.42 Å². The number of benzene rings is 2. The summed E-state index contributed by atoms with van der Waals surface area (Å²) in [6, 6.07) is 13.3. The zero-order valence-corrected chi connectivity index (χ0v) is 12.1. The maximum Gasteiger partial charge on any atom is 0.195 e. The van der Waals surface area contributed by atoms with Crippen LogP contribution in [0.5, 0.6) is 0 Å². The molecule has 20 heavy (non-hydrogen) atoms. The first-order valence-electron chi connectivity index (χ1n) is 6.05. The first-order chi connectivity index (χ1) is 9.43. The molecule has 2 aromatic carbocycles. The summed E-state index contributed by atoms with van der Waals surface area (Å²) >= 11 is 0. The van der Waals surface area contributed by atoms with Gasteiger partial charge in [-0.2, -0.15) is 0 Å². The van der Waals surface area contributed by atoms with Gasteiger partial charge in [-0.1, -0.05) is 30.3 Å². The zero-order valence-electron chi connectivity index (χ0n) is 11.3. The fourth-order valence-corrected chi connectivity index (χ4v) is 2.55. The van der Waals surface area contributed by atoms with E-state index < -0.39 is 9.84 Å². The minimum atomic E-state index is -3.35. The third-order valence-electron chi connectivity index (χ3n) is 2.97. The molecule has 0 saturated heterocycles. The second kappa shape index (κ2) is 5.46. The summed E-state index contributed by atoms with van der Waals surface area (Å²) in [6.45, 7) is 0. The zero-order chi connectivity index (χ0) is 14.8. The Morgan fingerprint density at radius 2 is 1.70 bits per heavy atom. The van der Waals surface area contributed by atoms with Crippen molar-refractivity contribution in [1.82, 2.24) is 0 Å². The van der Waals surface area contributed by atoms with Crippen molar-refractivity contribution in [3.05, 3.63) is 59.7 Å². The number of ketones is 1. The van der Waals surface area contributed by atoms with Gasteiger partial charge < -0.3 is 5.32 Å². The normalized spacial score (nSPS) is 11.1. The maximum absolute atomic E-state index is 12.5. The van der Waals surface area contributed by atoms with Crippen molar-refractivity contribution in [2.75, 3.05) is 18.6 Å². The molecule has 0 aromatic heterocycles. The molecule has 4 nitrogen and oxygen atoms in total. The number of hydrogen-bond acceptors (Lipinski definition) is 4. The molecule has 0 amide bonds. The number of sulfone groups is 1. The van der Waals surface area contributed by atoms with E-state index >= 15 is 0 Å². The molecule has 0 unspecified atom stereocenters. The Labute approximate surface area is 118 Å². The smallest absolute Gasteiger partial charge is 0.195 e. The molecule has 0 aliphatic rings. The van der Waals surface area contributed by atoms with Gasteiger partial charge in [0.25, 0.3) is 0 Å². The van der Waals surface area contributed by atoms with Gasteiger partial charge in [0.2, 0.25) is 0 Å². The van der Waals surface area contributed by atoms with Crippen LogP contribution >= 0.6 is 0 Å². The van der Waals surface area contributed by atoms with Crippen LogP contribution < -0.4 is 5.32 Å². The van der Waals surface area contributed by atoms with Gasteiger partial charge in [-0.05, 0) is 18.2 Å². The van der Waals surface area contributed by atoms with E-state index in [-0.39, 0.29) is 10.7 Å². The predicted molar refractivity (Wildman–Crippen MR) is 79.0 cm³/mol. The lowest BCUT2D eigenvalue weighted by Crippen LogP contribution is -2.08. The first kappa shape index (κ1) is 14.3. The summed E-state index contributed by atoms with van der Waals surface area (Å²) < 4.78 is 23.2. The summed E-state index contributed by atoms with van der Waals surface area (Å²) in [5.74, 6) is -0.208. The molecular weight excluding hydrogens is 274 g/mol. The molecule has 1 N–H and O–H groups in total. The molecule has 0 radical (unpaired) electrons. The van der Waals surface area contributed by atoms with E-state index in [0.717, 1.165) is 6.26 Å². The number of nitrogens with one attached hydrogen (secondary N) is 1. The lowest BCUT2D eigenvalue weighted by molar-refractivity contribution is 0.103. The van der Waals surface area contributed by atoms with Crippen molar-refractivity contribution >= 4 is 21.3 Å². The molecule has 0 atom stereocenters. The Morgan fingerprint density at radius 3 is 2.25 bits per heavy atom. The highest BCUT2D eigenvalue weighted by Crippen LogP contribution is 2.23. The van der Waals surface area contributed by atoms with Crippen molar-refractivity contribution in [3.63, 3.8) is 0 Å². The maximum atomic E-state index is 12.5. The molecule has 0 aliphatic carbocycles. The third kappa shape index (κ3) is 2.88. The molecular formula is C15H15NO3S. The van der Waals surface area contributed by atoms with E-state index in [1.807, 2.05) is 6.07 Å². The Kier molecular flexibility index (Phi) is 3.90. The quantitative estimate of drug-likeness (QED) is 0.878. The molecule has 0 aliphatic heterocycles. The summed E-state index contributed by atoms with van der Waals surface area (Å²) in [5.41, 5.74) is 1.47. The van der Waals surface area contributed by atoms with E-state index in [1.54, 1.807) is 37.4 Å². The highest BCUT2D eigenvalue weighted by atomic mass is 32.2. The van der Waals surface area contributed by atoms with Crippen molar-refractivity contribution in [2.24, 2.45) is 0 Å². The lowest BCUT2D eigenvalue weighted by atomic mass is 10.0. The van der Waals surface area contributed by atoms with Crippen molar-refractivity contribution in [3.8, 4) is 0 Å². The van der Waals surface area contributed by atoms with Crippen molar-refractivity contribution in [1.29, 1.82) is 0 Å². The Balaban J connectivity index is 2.57. The largest absolute Gasteiger partial charge is 0.388 e. The van der Waals surface area contributed by atoms with Crippen LogP contribution in [-0.2, 0) is 9.84 Å². The third-order valence-corrected chi connectivity index (χ3v) is 4.08. The van der Waals surface area contributed by atoms with Gasteiger partial charge in [-0.15, -0.1) is 0 Å². The van der Waals surface area contributed by atoms with Crippen LogP contribution in [0.4, 0.5) is 5.69 Å². The van der Waals surface area contributed by atoms with Crippen LogP contribution in [0.15, 0.2) is 53.4 Å². The van der Waals surface area contributed by atoms with Gasteiger partial charge in [0.05, 0.1) is 4.90 Å². The topological polar surface area (TPSA) is 63.2 Å². The molecule has 0 saturated carbocycles. The van der Waals surface area contributed by atoms with Crippen LogP contribution in [0.2, 0.25) is 0 Å². The average Bonchev–Trinajstić information content (AvgIpc) is 2.45. The summed E-state index contributed by atoms with van der Waals surface area (Å²) in [5, 5.41) is 2.91. The van der Waals surface area contributed by atoms with Gasteiger partial charge in [0, 0.05) is 30.1 Å². The number of rotatable bonds is 4. The van der Waals surface area contributed by atoms with Crippen molar-refractivity contribution < 1.29 is 13.2 Å². The Morgan fingerprint density at radius 1 is 1.05 bits per heavy atom. The summed E-state index contributed by atoms with van der Waals surface area (Å²) in [4.78, 5) is 12.6. The van der Waals surface area contributed by atoms with Gasteiger partial charge >= 0.3 is 0 Å². The highest BCUT2D eigenvalue weighted by molar-refractivity contribution is 7.90. The van der Waals surface area contributed by atoms with Gasteiger partial charge in [0.15, 0.2) is 15.6 Å². The summed E-state index contributed by atoms with van der Waals surface area (Å²) in [6.07, 6.45) is 1.12. The van der Waals surface area contributed by atoms with E-state index in [9.17, 15) is 13.2 Å². The first-order valence-corrected chi connectivity index (χ1v) is 7.94. The molecule has 0 bridgehead atoms. The lowest BCUT2D eigenvalue weighted by Gasteiger charge is -2.10. The van der Waals surface area contributed by atoms with E-state index in [2.05, 4.69) is 5.32 Å². The molecule has 0 fully saturated rings. The van der Waals surface area contributed by atoms with Gasteiger partial charge in [0.1, 0.15) is 0 Å². The minimum Gasteiger partial charge on any atom is -0.388 e. The predicted octanol–water partition coefficient (Wildman–Crippen LogP) is 2.36.